The lowest BCUT2D eigenvalue weighted by molar-refractivity contribution is 0.274. The van der Waals surface area contributed by atoms with E-state index < -0.39 is 0 Å². The minimum atomic E-state index is 0.250. The highest BCUT2D eigenvalue weighted by atomic mass is 16.3. The summed E-state index contributed by atoms with van der Waals surface area (Å²) in [6, 6.07) is 0. The second kappa shape index (κ2) is 3.82. The van der Waals surface area contributed by atoms with Gasteiger partial charge in [-0.1, -0.05) is 0 Å². The molecule has 0 bridgehead atoms. The smallest absolute Gasteiger partial charge is 0.0555 e. The lowest BCUT2D eigenvalue weighted by Gasteiger charge is -2.26. The Hall–Kier alpha value is -0.120. The van der Waals surface area contributed by atoms with Crippen LogP contribution in [0.1, 0.15) is 0 Å². The summed E-state index contributed by atoms with van der Waals surface area (Å²) in [5, 5.41) is 14.7. The molecule has 1 saturated heterocycles. The molecule has 54 valence electrons. The maximum atomic E-state index is 8.39. The molecule has 3 N–H and O–H groups in total. The Labute approximate surface area is 55.5 Å². The highest BCUT2D eigenvalue weighted by Gasteiger charge is 2.14. The fourth-order valence-electron chi connectivity index (χ4n) is 0.878. The first-order valence-corrected chi connectivity index (χ1v) is 3.46. The molecule has 1 fully saturated rings. The number of hydrogen-bond acceptors (Lipinski definition) is 3. The number of hydrogen-bond donors (Lipinski definition) is 3. The summed E-state index contributed by atoms with van der Waals surface area (Å²) in [6.07, 6.45) is 0. The van der Waals surface area contributed by atoms with E-state index in [-0.39, 0.29) is 6.61 Å². The van der Waals surface area contributed by atoms with E-state index in [9.17, 15) is 0 Å². The normalized spacial score (nSPS) is 19.7. The van der Waals surface area contributed by atoms with Crippen LogP contribution < -0.4 is 10.6 Å². The van der Waals surface area contributed by atoms with Gasteiger partial charge in [-0.2, -0.15) is 0 Å². The van der Waals surface area contributed by atoms with Crippen LogP contribution in [0.4, 0.5) is 0 Å². The van der Waals surface area contributed by atoms with Crippen molar-refractivity contribution in [3.63, 3.8) is 0 Å². The van der Waals surface area contributed by atoms with E-state index in [1.807, 2.05) is 0 Å². The first kappa shape index (κ1) is 6.99. The fourth-order valence-corrected chi connectivity index (χ4v) is 0.878. The lowest BCUT2D eigenvalue weighted by Crippen LogP contribution is -2.47. The summed E-state index contributed by atoms with van der Waals surface area (Å²) in [5.41, 5.74) is 0. The Morgan fingerprint density at radius 3 is 2.78 bits per heavy atom. The molecule has 9 heavy (non-hydrogen) atoms. The minimum Gasteiger partial charge on any atom is -0.395 e. The van der Waals surface area contributed by atoms with E-state index in [1.54, 1.807) is 0 Å². The molecule has 0 aliphatic carbocycles. The quantitative estimate of drug-likeness (QED) is 0.418. The Kier molecular flexibility index (Phi) is 2.97. The van der Waals surface area contributed by atoms with Gasteiger partial charge in [0.25, 0.3) is 0 Å². The van der Waals surface area contributed by atoms with Crippen molar-refractivity contribution in [2.45, 2.75) is 0 Å². The SMILES string of the molecule is OCCNCC1CNC1. The van der Waals surface area contributed by atoms with Gasteiger partial charge in [0.2, 0.25) is 0 Å². The van der Waals surface area contributed by atoms with Crippen molar-refractivity contribution in [2.24, 2.45) is 5.92 Å². The van der Waals surface area contributed by atoms with E-state index in [4.69, 9.17) is 5.11 Å². The van der Waals surface area contributed by atoms with Gasteiger partial charge in [0.05, 0.1) is 6.61 Å². The standard InChI is InChI=1S/C6H14N2O/c9-2-1-7-3-6-4-8-5-6/h6-9H,1-5H2. The fraction of sp³-hybridized carbons (Fsp3) is 1.00. The third kappa shape index (κ3) is 2.30. The summed E-state index contributed by atoms with van der Waals surface area (Å²) in [6.45, 7) is 4.31. The van der Waals surface area contributed by atoms with E-state index in [0.29, 0.717) is 0 Å². The largest absolute Gasteiger partial charge is 0.395 e. The van der Waals surface area contributed by atoms with Gasteiger partial charge in [-0.3, -0.25) is 0 Å². The van der Waals surface area contributed by atoms with Crippen LogP contribution in [0.25, 0.3) is 0 Å². The van der Waals surface area contributed by atoms with Gasteiger partial charge in [-0.05, 0) is 5.92 Å². The van der Waals surface area contributed by atoms with Gasteiger partial charge in [0, 0.05) is 26.2 Å². The van der Waals surface area contributed by atoms with Crippen LogP contribution in [0, 0.1) is 5.92 Å². The zero-order valence-electron chi connectivity index (χ0n) is 5.56. The van der Waals surface area contributed by atoms with Crippen molar-refractivity contribution in [2.75, 3.05) is 32.8 Å². The van der Waals surface area contributed by atoms with Crippen LogP contribution in [0.5, 0.6) is 0 Å². The summed E-state index contributed by atoms with van der Waals surface area (Å²) in [4.78, 5) is 0. The van der Waals surface area contributed by atoms with Crippen LogP contribution in [-0.4, -0.2) is 37.9 Å². The molecular formula is C6H14N2O. The van der Waals surface area contributed by atoms with Crippen LogP contribution >= 0.6 is 0 Å². The number of aliphatic hydroxyl groups excluding tert-OH is 1. The Morgan fingerprint density at radius 2 is 2.33 bits per heavy atom. The van der Waals surface area contributed by atoms with Gasteiger partial charge in [-0.15, -0.1) is 0 Å². The maximum absolute atomic E-state index is 8.39. The molecule has 0 radical (unpaired) electrons. The van der Waals surface area contributed by atoms with Crippen molar-refractivity contribution in [3.05, 3.63) is 0 Å². The van der Waals surface area contributed by atoms with Crippen LogP contribution in [0.15, 0.2) is 0 Å². The Balaban J connectivity index is 1.80. The average molecular weight is 130 g/mol. The molecule has 0 aromatic heterocycles. The molecule has 0 atom stereocenters. The van der Waals surface area contributed by atoms with Crippen molar-refractivity contribution >= 4 is 0 Å². The molecule has 0 aromatic rings. The van der Waals surface area contributed by atoms with Crippen LogP contribution in [-0.2, 0) is 0 Å². The molecule has 1 heterocycles. The number of aliphatic hydroxyl groups is 1. The molecule has 3 heteroatoms. The molecule has 0 saturated carbocycles. The molecule has 0 unspecified atom stereocenters. The summed E-state index contributed by atoms with van der Waals surface area (Å²) in [5.74, 6) is 0.802. The zero-order valence-corrected chi connectivity index (χ0v) is 5.56. The first-order valence-electron chi connectivity index (χ1n) is 3.46. The van der Waals surface area contributed by atoms with Crippen molar-refractivity contribution in [1.82, 2.24) is 10.6 Å². The molecule has 0 amide bonds. The first-order chi connectivity index (χ1) is 4.43. The summed E-state index contributed by atoms with van der Waals surface area (Å²) < 4.78 is 0. The highest BCUT2D eigenvalue weighted by Crippen LogP contribution is 1.98. The van der Waals surface area contributed by atoms with Crippen LogP contribution in [0.2, 0.25) is 0 Å². The third-order valence-corrected chi connectivity index (χ3v) is 1.59. The van der Waals surface area contributed by atoms with Gasteiger partial charge in [0.1, 0.15) is 0 Å². The third-order valence-electron chi connectivity index (χ3n) is 1.59. The van der Waals surface area contributed by atoms with E-state index >= 15 is 0 Å². The molecular weight excluding hydrogens is 116 g/mol. The number of rotatable bonds is 4. The second-order valence-corrected chi connectivity index (χ2v) is 2.45. The van der Waals surface area contributed by atoms with E-state index in [0.717, 1.165) is 32.1 Å². The highest BCUT2D eigenvalue weighted by molar-refractivity contribution is 4.75. The average Bonchev–Trinajstić information content (AvgIpc) is 1.76. The molecule has 1 rings (SSSR count). The Bertz CT molecular complexity index is 73.5. The van der Waals surface area contributed by atoms with E-state index in [2.05, 4.69) is 10.6 Å². The van der Waals surface area contributed by atoms with Gasteiger partial charge >= 0.3 is 0 Å². The monoisotopic (exact) mass is 130 g/mol. The molecule has 0 aromatic carbocycles. The van der Waals surface area contributed by atoms with Crippen molar-refractivity contribution in [1.29, 1.82) is 0 Å². The zero-order chi connectivity index (χ0) is 6.53. The van der Waals surface area contributed by atoms with Gasteiger partial charge < -0.3 is 15.7 Å². The van der Waals surface area contributed by atoms with Crippen molar-refractivity contribution < 1.29 is 5.11 Å². The molecule has 1 aliphatic rings. The van der Waals surface area contributed by atoms with Gasteiger partial charge in [-0.25, -0.2) is 0 Å². The molecule has 0 spiro atoms. The lowest BCUT2D eigenvalue weighted by atomic mass is 10.0. The maximum Gasteiger partial charge on any atom is 0.0555 e. The summed E-state index contributed by atoms with van der Waals surface area (Å²) in [7, 11) is 0. The predicted molar refractivity (Wildman–Crippen MR) is 36.3 cm³/mol. The predicted octanol–water partition coefficient (Wildman–Crippen LogP) is -1.21. The summed E-state index contributed by atoms with van der Waals surface area (Å²) >= 11 is 0. The molecule has 3 nitrogen and oxygen atoms in total. The van der Waals surface area contributed by atoms with E-state index in [1.165, 1.54) is 0 Å². The number of nitrogens with one attached hydrogen (secondary N) is 2. The van der Waals surface area contributed by atoms with Crippen molar-refractivity contribution in [3.8, 4) is 0 Å². The van der Waals surface area contributed by atoms with Gasteiger partial charge in [0.15, 0.2) is 0 Å². The topological polar surface area (TPSA) is 44.3 Å². The Morgan fingerprint density at radius 1 is 1.56 bits per heavy atom. The minimum absolute atomic E-state index is 0.250. The second-order valence-electron chi connectivity index (χ2n) is 2.45. The van der Waals surface area contributed by atoms with Crippen LogP contribution in [0.3, 0.4) is 0 Å². The molecule has 1 aliphatic heterocycles.